The van der Waals surface area contributed by atoms with Crippen LogP contribution in [0.3, 0.4) is 0 Å². The Morgan fingerprint density at radius 2 is 0.514 bits per heavy atom. The fourth-order valence-electron chi connectivity index (χ4n) is 19.4. The number of hydrogen-bond acceptors (Lipinski definition) is 7. The van der Waals surface area contributed by atoms with E-state index in [4.69, 9.17) is 0 Å². The van der Waals surface area contributed by atoms with Gasteiger partial charge in [-0.3, -0.25) is 22.8 Å². The van der Waals surface area contributed by atoms with Crippen molar-refractivity contribution in [3.05, 3.63) is 532 Å². The van der Waals surface area contributed by atoms with Crippen LogP contribution in [0.25, 0.3) is 193 Å². The molecule has 670 valence electrons. The van der Waals surface area contributed by atoms with E-state index in [-0.39, 0.29) is 17.1 Å². The number of aromatic amines is 1. The lowest BCUT2D eigenvalue weighted by Crippen LogP contribution is -2.31. The Balaban J connectivity index is 0.000000113. The molecule has 0 amide bonds. The molecular formula is C123H86B2Br2N6O7. The molecule has 25 rings (SSSR count). The molecular weight excluding hydrogens is 1850 g/mol. The van der Waals surface area contributed by atoms with Gasteiger partial charge in [-0.15, -0.1) is 0 Å². The number of benzene rings is 22. The Morgan fingerprint density at radius 3 is 0.921 bits per heavy atom. The number of rotatable bonds is 13. The van der Waals surface area contributed by atoms with Gasteiger partial charge in [0.15, 0.2) is 0 Å². The second-order valence-corrected chi connectivity index (χ2v) is 35.8. The van der Waals surface area contributed by atoms with E-state index in [9.17, 15) is 34.5 Å². The van der Waals surface area contributed by atoms with Crippen LogP contribution in [0.15, 0.2) is 515 Å². The summed E-state index contributed by atoms with van der Waals surface area (Å²) >= 11 is 6.85. The third-order valence-electron chi connectivity index (χ3n) is 25.7. The topological polar surface area (TPSA) is 173 Å². The standard InChI is InChI=1S/C49H32N2O.C25H17BrN2O.C24H17BO2.C13H9BrN2O.C12H11BO2/c52-49-50(45-24-12-13-25-46(45)51(49)44-23-11-10-18-39(44)34-15-2-1-3-16-34)38-30-28-35(29-31-38)47-40-19-6-8-21-42(40)48(43-22-9-7-20-41(43)47)37-27-26-33-14-4-5-17-36(33)32-37;26-19-14-16-20(17-15-19)27-23-12-6-7-13-24(23)28(25(27)29)22-11-5-4-10-21(22)18-8-2-1-3-9-18;26-25(27)24-21-11-5-3-9-19(21)23(20-10-4-6-12-22(20)24)18-14-13-16-7-1-2-8-17(16)15-18;14-9-5-7-10(8-6-9)16-12-4-2-1-3-11(12)15-13(16)17;14-13(15)12-9-5-4-8-11(12)10-6-2-1-3-7-10/h1-32H;1-17H;1-15,26-27H;1-8H,(H,15,17);1-9,14-15H. The first-order valence-electron chi connectivity index (χ1n) is 46.1. The van der Waals surface area contributed by atoms with E-state index in [1.165, 1.54) is 59.8 Å². The van der Waals surface area contributed by atoms with E-state index in [2.05, 4.69) is 231 Å². The number of fused-ring (bicyclic) bond motifs is 9. The number of H-pyrrole nitrogens is 1. The van der Waals surface area contributed by atoms with Crippen LogP contribution in [0.1, 0.15) is 0 Å². The Labute approximate surface area is 823 Å². The highest BCUT2D eigenvalue weighted by molar-refractivity contribution is 9.10. The Morgan fingerprint density at radius 1 is 0.221 bits per heavy atom. The van der Waals surface area contributed by atoms with Crippen LogP contribution in [0.2, 0.25) is 0 Å². The fraction of sp³-hybridized carbons (Fsp3) is 0. The first-order chi connectivity index (χ1) is 68.8. The Hall–Kier alpha value is -16.9. The molecule has 0 aliphatic carbocycles. The number of imidazole rings is 3. The SMILES string of the molecule is O=c1[nH]c2ccccc2n1-c1ccc(Br)cc1.O=c1n(-c2ccc(-c3c4ccccc4c(-c4ccc5ccccc5c4)c4ccccc34)cc2)c2ccccc2n1-c1ccccc1-c1ccccc1.O=c1n(-c2ccc(Br)cc2)c2ccccc2n1-c1ccccc1-c1ccccc1.OB(O)c1c2ccccc2c(-c2ccc3ccccc3c2)c2ccccc12.OB(O)c1ccccc1-c1ccccc1. The molecule has 140 heavy (non-hydrogen) atoms. The van der Waals surface area contributed by atoms with Crippen molar-refractivity contribution in [2.24, 2.45) is 0 Å². The lowest BCUT2D eigenvalue weighted by atomic mass is 9.72. The number of nitrogens with one attached hydrogen (secondary N) is 1. The molecule has 0 fully saturated rings. The van der Waals surface area contributed by atoms with Gasteiger partial charge in [-0.2, -0.15) is 0 Å². The van der Waals surface area contributed by atoms with Crippen molar-refractivity contribution in [2.45, 2.75) is 0 Å². The summed E-state index contributed by atoms with van der Waals surface area (Å²) in [6.45, 7) is 0. The average Bonchev–Trinajstić information content (AvgIpc) is 1.42. The molecule has 13 nitrogen and oxygen atoms in total. The molecule has 0 bridgehead atoms. The fourth-order valence-corrected chi connectivity index (χ4v) is 19.9. The van der Waals surface area contributed by atoms with Crippen molar-refractivity contribution in [3.63, 3.8) is 0 Å². The monoisotopic (exact) mass is 1940 g/mol. The van der Waals surface area contributed by atoms with Gasteiger partial charge in [0.1, 0.15) is 0 Å². The van der Waals surface area contributed by atoms with E-state index in [1.807, 2.05) is 294 Å². The van der Waals surface area contributed by atoms with Crippen molar-refractivity contribution >= 4 is 155 Å². The molecule has 0 saturated heterocycles. The van der Waals surface area contributed by atoms with Crippen molar-refractivity contribution < 1.29 is 20.1 Å². The summed E-state index contributed by atoms with van der Waals surface area (Å²) in [5.74, 6) is 0. The van der Waals surface area contributed by atoms with Crippen molar-refractivity contribution in [1.82, 2.24) is 27.8 Å². The summed E-state index contributed by atoms with van der Waals surface area (Å²) in [4.78, 5) is 43.0. The van der Waals surface area contributed by atoms with Gasteiger partial charge in [-0.05, 0) is 253 Å². The molecule has 0 aliphatic rings. The molecule has 0 saturated carbocycles. The second kappa shape index (κ2) is 39.8. The molecule has 0 radical (unpaired) electrons. The van der Waals surface area contributed by atoms with Crippen LogP contribution in [-0.2, 0) is 0 Å². The van der Waals surface area contributed by atoms with Gasteiger partial charge in [0.05, 0.1) is 61.5 Å². The van der Waals surface area contributed by atoms with Crippen LogP contribution >= 0.6 is 31.9 Å². The van der Waals surface area contributed by atoms with Crippen molar-refractivity contribution in [2.75, 3.05) is 0 Å². The van der Waals surface area contributed by atoms with E-state index >= 15 is 0 Å². The van der Waals surface area contributed by atoms with Crippen LogP contribution < -0.4 is 28.0 Å². The normalized spacial score (nSPS) is 11.2. The summed E-state index contributed by atoms with van der Waals surface area (Å²) in [6, 6.07) is 165. The summed E-state index contributed by atoms with van der Waals surface area (Å²) in [7, 11) is -2.95. The summed E-state index contributed by atoms with van der Waals surface area (Å²) in [5, 5.41) is 52.1. The number of halogens is 2. The molecule has 22 aromatic carbocycles. The molecule has 0 spiro atoms. The second-order valence-electron chi connectivity index (χ2n) is 34.0. The molecule has 0 aliphatic heterocycles. The molecule has 3 aromatic heterocycles. The lowest BCUT2D eigenvalue weighted by molar-refractivity contribution is 0.425. The molecule has 0 unspecified atom stereocenters. The molecule has 5 N–H and O–H groups in total. The van der Waals surface area contributed by atoms with E-state index in [1.54, 1.807) is 25.8 Å². The zero-order valence-electron chi connectivity index (χ0n) is 75.4. The van der Waals surface area contributed by atoms with Crippen LogP contribution in [-0.4, -0.2) is 62.2 Å². The minimum atomic E-state index is -1.52. The van der Waals surface area contributed by atoms with Gasteiger partial charge in [-0.1, -0.05) is 402 Å². The predicted octanol–water partition coefficient (Wildman–Crippen LogP) is 27.1. The molecule has 0 atom stereocenters. The third-order valence-corrected chi connectivity index (χ3v) is 26.7. The minimum Gasteiger partial charge on any atom is -0.423 e. The number of para-hydroxylation sites is 8. The number of hydrogen-bond donors (Lipinski definition) is 5. The van der Waals surface area contributed by atoms with E-state index < -0.39 is 14.2 Å². The predicted molar refractivity (Wildman–Crippen MR) is 587 cm³/mol. The van der Waals surface area contributed by atoms with Crippen molar-refractivity contribution in [3.8, 4) is 95.2 Å². The Kier molecular flexibility index (Phi) is 25.5. The first-order valence-corrected chi connectivity index (χ1v) is 47.6. The number of nitrogens with zero attached hydrogens (tertiary/aromatic N) is 5. The van der Waals surface area contributed by atoms with E-state index in [0.717, 1.165) is 142 Å². The summed E-state index contributed by atoms with van der Waals surface area (Å²) in [5.41, 5.74) is 23.3. The molecule has 25 aromatic rings. The minimum absolute atomic E-state index is 0.0862. The smallest absolute Gasteiger partial charge is 0.423 e. The van der Waals surface area contributed by atoms with Gasteiger partial charge >= 0.3 is 31.3 Å². The quantitative estimate of drug-likeness (QED) is 0.0564. The van der Waals surface area contributed by atoms with Gasteiger partial charge in [-0.25, -0.2) is 14.4 Å². The average molecular weight is 1940 g/mol. The van der Waals surface area contributed by atoms with Crippen LogP contribution in [0.5, 0.6) is 0 Å². The zero-order valence-corrected chi connectivity index (χ0v) is 78.6. The molecule has 3 heterocycles. The van der Waals surface area contributed by atoms with Gasteiger partial charge in [0.2, 0.25) is 0 Å². The van der Waals surface area contributed by atoms with Crippen molar-refractivity contribution in [1.29, 1.82) is 0 Å². The molecule has 17 heteroatoms. The summed E-state index contributed by atoms with van der Waals surface area (Å²) in [6.07, 6.45) is 0. The summed E-state index contributed by atoms with van der Waals surface area (Å²) < 4.78 is 10.9. The first kappa shape index (κ1) is 89.7. The third kappa shape index (κ3) is 17.6. The largest absolute Gasteiger partial charge is 0.489 e. The van der Waals surface area contributed by atoms with E-state index in [0.29, 0.717) is 10.9 Å². The lowest BCUT2D eigenvalue weighted by Gasteiger charge is -2.18. The highest BCUT2D eigenvalue weighted by Crippen LogP contribution is 2.46. The van der Waals surface area contributed by atoms with Gasteiger partial charge < -0.3 is 25.1 Å². The zero-order chi connectivity index (χ0) is 95.3. The van der Waals surface area contributed by atoms with Crippen LogP contribution in [0, 0.1) is 0 Å². The maximum Gasteiger partial charge on any atom is 0.489 e. The number of aromatic nitrogens is 6. The van der Waals surface area contributed by atoms with Gasteiger partial charge in [0.25, 0.3) is 0 Å². The van der Waals surface area contributed by atoms with Crippen LogP contribution in [0.4, 0.5) is 0 Å². The van der Waals surface area contributed by atoms with Gasteiger partial charge in [0, 0.05) is 20.1 Å². The maximum atomic E-state index is 14.6. The maximum absolute atomic E-state index is 14.6. The Bertz CT molecular complexity index is 9010. The highest BCUT2D eigenvalue weighted by atomic mass is 79.9. The highest BCUT2D eigenvalue weighted by Gasteiger charge is 2.26.